The molecule has 142 valence electrons. The van der Waals surface area contributed by atoms with Crippen LogP contribution in [0.25, 0.3) is 22.8 Å². The fourth-order valence-corrected chi connectivity index (χ4v) is 3.36. The second kappa shape index (κ2) is 7.15. The molecule has 4 rings (SSSR count). The predicted molar refractivity (Wildman–Crippen MR) is 109 cm³/mol. The molecule has 1 amide bonds. The lowest BCUT2D eigenvalue weighted by Crippen LogP contribution is -2.03. The highest BCUT2D eigenvalue weighted by Crippen LogP contribution is 2.43. The first-order valence-corrected chi connectivity index (χ1v) is 8.75. The van der Waals surface area contributed by atoms with Crippen molar-refractivity contribution in [1.29, 1.82) is 0 Å². The van der Waals surface area contributed by atoms with E-state index in [0.29, 0.717) is 22.8 Å². The van der Waals surface area contributed by atoms with Gasteiger partial charge in [0.2, 0.25) is 5.75 Å². The summed E-state index contributed by atoms with van der Waals surface area (Å²) in [7, 11) is 4.74. The number of hydrogen-bond acceptors (Lipinski definition) is 4. The van der Waals surface area contributed by atoms with Gasteiger partial charge in [-0.05, 0) is 47.0 Å². The topological polar surface area (TPSA) is 72.6 Å². The molecule has 0 fully saturated rings. The van der Waals surface area contributed by atoms with E-state index < -0.39 is 0 Å². The molecule has 0 spiro atoms. The first kappa shape index (κ1) is 17.7. The van der Waals surface area contributed by atoms with E-state index in [1.807, 2.05) is 54.9 Å². The highest BCUT2D eigenvalue weighted by molar-refractivity contribution is 6.35. The molecule has 0 bridgehead atoms. The van der Waals surface area contributed by atoms with E-state index in [-0.39, 0.29) is 5.91 Å². The Morgan fingerprint density at radius 2 is 1.64 bits per heavy atom. The van der Waals surface area contributed by atoms with E-state index in [1.165, 1.54) is 0 Å². The zero-order valence-corrected chi connectivity index (χ0v) is 15.8. The predicted octanol–water partition coefficient (Wildman–Crippen LogP) is 4.20. The van der Waals surface area contributed by atoms with Crippen LogP contribution in [0.15, 0.2) is 48.8 Å². The number of H-pyrrole nitrogens is 1. The largest absolute Gasteiger partial charge is 0.493 e. The zero-order chi connectivity index (χ0) is 19.7. The second-order valence-corrected chi connectivity index (χ2v) is 6.33. The number of fused-ring (bicyclic) bond motifs is 1. The number of carbonyl (C=O) groups excluding carboxylic acids is 1. The summed E-state index contributed by atoms with van der Waals surface area (Å²) in [5.41, 5.74) is 5.08. The summed E-state index contributed by atoms with van der Waals surface area (Å²) in [6, 6.07) is 11.6. The molecule has 2 heterocycles. The Labute approximate surface area is 162 Å². The summed E-state index contributed by atoms with van der Waals surface area (Å²) in [6.45, 7) is 0. The highest BCUT2D eigenvalue weighted by Gasteiger charge is 2.25. The zero-order valence-electron chi connectivity index (χ0n) is 15.8. The van der Waals surface area contributed by atoms with Gasteiger partial charge in [0.05, 0.1) is 21.3 Å². The first-order valence-electron chi connectivity index (χ1n) is 8.75. The monoisotopic (exact) mass is 376 g/mol. The molecular formula is C22H20N2O4. The standard InChI is InChI=1S/C22H20N2O4/c1-26-19-10-15(11-20(27-2)21(19)28-3)14-4-5-16-17(8-13-6-7-23-12-13)22(25)24-18(16)9-14/h4-12,23H,1-3H3,(H,24,25). The van der Waals surface area contributed by atoms with Crippen molar-refractivity contribution in [2.45, 2.75) is 0 Å². The number of amides is 1. The van der Waals surface area contributed by atoms with Crippen molar-refractivity contribution in [1.82, 2.24) is 4.98 Å². The molecule has 0 radical (unpaired) electrons. The fourth-order valence-electron chi connectivity index (χ4n) is 3.36. The van der Waals surface area contributed by atoms with Crippen LogP contribution in [-0.4, -0.2) is 32.2 Å². The van der Waals surface area contributed by atoms with Crippen molar-refractivity contribution in [3.63, 3.8) is 0 Å². The quantitative estimate of drug-likeness (QED) is 0.655. The summed E-state index contributed by atoms with van der Waals surface area (Å²) < 4.78 is 16.3. The molecule has 0 atom stereocenters. The maximum atomic E-state index is 12.4. The molecule has 2 N–H and O–H groups in total. The average molecular weight is 376 g/mol. The van der Waals surface area contributed by atoms with Crippen LogP contribution >= 0.6 is 0 Å². The van der Waals surface area contributed by atoms with Gasteiger partial charge in [0, 0.05) is 29.2 Å². The third kappa shape index (κ3) is 2.99. The van der Waals surface area contributed by atoms with Crippen molar-refractivity contribution in [2.24, 2.45) is 0 Å². The maximum absolute atomic E-state index is 12.4. The average Bonchev–Trinajstić information content (AvgIpc) is 3.34. The van der Waals surface area contributed by atoms with Gasteiger partial charge in [0.15, 0.2) is 11.5 Å². The van der Waals surface area contributed by atoms with Crippen molar-refractivity contribution in [2.75, 3.05) is 26.6 Å². The van der Waals surface area contributed by atoms with Gasteiger partial charge in [-0.3, -0.25) is 4.79 Å². The van der Waals surface area contributed by atoms with Crippen LogP contribution in [0.5, 0.6) is 17.2 Å². The minimum absolute atomic E-state index is 0.113. The van der Waals surface area contributed by atoms with Crippen molar-refractivity contribution in [3.8, 4) is 28.4 Å². The number of methoxy groups -OCH3 is 3. The van der Waals surface area contributed by atoms with Crippen LogP contribution in [0.2, 0.25) is 0 Å². The van der Waals surface area contributed by atoms with Crippen molar-refractivity contribution < 1.29 is 19.0 Å². The molecule has 0 aliphatic carbocycles. The minimum atomic E-state index is -0.113. The summed E-state index contributed by atoms with van der Waals surface area (Å²) >= 11 is 0. The molecule has 0 saturated heterocycles. The lowest BCUT2D eigenvalue weighted by atomic mass is 9.99. The van der Waals surface area contributed by atoms with Crippen LogP contribution in [0, 0.1) is 0 Å². The number of aromatic nitrogens is 1. The van der Waals surface area contributed by atoms with Crippen molar-refractivity contribution >= 4 is 23.2 Å². The Kier molecular flexibility index (Phi) is 4.53. The maximum Gasteiger partial charge on any atom is 0.256 e. The fraction of sp³-hybridized carbons (Fsp3) is 0.136. The van der Waals surface area contributed by atoms with Gasteiger partial charge in [-0.2, -0.15) is 0 Å². The molecule has 28 heavy (non-hydrogen) atoms. The van der Waals surface area contributed by atoms with Gasteiger partial charge in [-0.15, -0.1) is 0 Å². The molecule has 0 saturated carbocycles. The van der Waals surface area contributed by atoms with E-state index in [9.17, 15) is 4.79 Å². The van der Waals surface area contributed by atoms with Gasteiger partial charge in [0.25, 0.3) is 5.91 Å². The van der Waals surface area contributed by atoms with E-state index in [4.69, 9.17) is 14.2 Å². The number of hydrogen-bond donors (Lipinski definition) is 2. The summed E-state index contributed by atoms with van der Waals surface area (Å²) in [6.07, 6.45) is 5.55. The third-order valence-electron chi connectivity index (χ3n) is 4.73. The van der Waals surface area contributed by atoms with Gasteiger partial charge in [-0.25, -0.2) is 0 Å². The Morgan fingerprint density at radius 3 is 2.25 bits per heavy atom. The third-order valence-corrected chi connectivity index (χ3v) is 4.73. The Balaban J connectivity index is 1.77. The molecule has 6 nitrogen and oxygen atoms in total. The molecule has 6 heteroatoms. The second-order valence-electron chi connectivity index (χ2n) is 6.33. The minimum Gasteiger partial charge on any atom is -0.493 e. The molecule has 0 unspecified atom stereocenters. The number of nitrogens with one attached hydrogen (secondary N) is 2. The number of benzene rings is 2. The SMILES string of the molecule is COc1cc(-c2ccc3c(c2)NC(=O)C3=Cc2cc[nH]c2)cc(OC)c1OC. The van der Waals surface area contributed by atoms with Crippen LogP contribution in [0.3, 0.4) is 0 Å². The van der Waals surface area contributed by atoms with Crippen LogP contribution in [0.1, 0.15) is 11.1 Å². The van der Waals surface area contributed by atoms with Gasteiger partial charge < -0.3 is 24.5 Å². The van der Waals surface area contributed by atoms with E-state index in [1.54, 1.807) is 21.3 Å². The van der Waals surface area contributed by atoms with Gasteiger partial charge in [-0.1, -0.05) is 12.1 Å². The molecular weight excluding hydrogens is 356 g/mol. The smallest absolute Gasteiger partial charge is 0.256 e. The Hall–Kier alpha value is -3.67. The molecule has 3 aromatic rings. The molecule has 1 aliphatic rings. The van der Waals surface area contributed by atoms with Gasteiger partial charge >= 0.3 is 0 Å². The van der Waals surface area contributed by atoms with E-state index in [0.717, 1.165) is 27.9 Å². The van der Waals surface area contributed by atoms with Crippen molar-refractivity contribution in [3.05, 3.63) is 59.9 Å². The molecule has 1 aliphatic heterocycles. The Morgan fingerprint density at radius 1 is 0.893 bits per heavy atom. The number of carbonyl (C=O) groups is 1. The van der Waals surface area contributed by atoms with Crippen LogP contribution < -0.4 is 19.5 Å². The number of ether oxygens (including phenoxy) is 3. The summed E-state index contributed by atoms with van der Waals surface area (Å²) in [5.74, 6) is 1.59. The van der Waals surface area contributed by atoms with Crippen LogP contribution in [-0.2, 0) is 4.79 Å². The lowest BCUT2D eigenvalue weighted by molar-refractivity contribution is -0.110. The number of anilines is 1. The highest BCUT2D eigenvalue weighted by atomic mass is 16.5. The normalized spacial score (nSPS) is 14.0. The first-order chi connectivity index (χ1) is 13.6. The Bertz CT molecular complexity index is 1040. The lowest BCUT2D eigenvalue weighted by Gasteiger charge is -2.14. The number of aromatic amines is 1. The number of rotatable bonds is 5. The van der Waals surface area contributed by atoms with E-state index in [2.05, 4.69) is 10.3 Å². The van der Waals surface area contributed by atoms with E-state index >= 15 is 0 Å². The van der Waals surface area contributed by atoms with Crippen LogP contribution in [0.4, 0.5) is 5.69 Å². The van der Waals surface area contributed by atoms with Gasteiger partial charge in [0.1, 0.15) is 0 Å². The molecule has 2 aromatic carbocycles. The molecule has 1 aromatic heterocycles. The summed E-state index contributed by atoms with van der Waals surface area (Å²) in [4.78, 5) is 15.4. The summed E-state index contributed by atoms with van der Waals surface area (Å²) in [5, 5.41) is 2.95.